The molecule has 1 atom stereocenters. The summed E-state index contributed by atoms with van der Waals surface area (Å²) >= 11 is 6.18. The van der Waals surface area contributed by atoms with Crippen molar-refractivity contribution in [2.75, 3.05) is 14.1 Å². The molecule has 1 aliphatic rings. The summed E-state index contributed by atoms with van der Waals surface area (Å²) in [5.41, 5.74) is 7.27. The number of hydrogen-bond donors (Lipinski definition) is 0. The quantitative estimate of drug-likeness (QED) is 0.414. The standard InChI is InChI=1S/C26H24ClN5O2/c1-15-24-20-10-7-17(18-13-28-32(4)14-18)11-21(20)25(16-5-8-19(27)9-6-16)29-22(26(24)34-30-15)12-23(33)31(2)3/h5-11,13-14,22H,12H2,1-4H3. The zero-order valence-electron chi connectivity index (χ0n) is 19.4. The molecule has 0 radical (unpaired) electrons. The molecule has 0 saturated heterocycles. The Balaban J connectivity index is 1.76. The zero-order chi connectivity index (χ0) is 24.0. The van der Waals surface area contributed by atoms with Crippen LogP contribution in [0.3, 0.4) is 0 Å². The van der Waals surface area contributed by atoms with Crippen LogP contribution in [0.25, 0.3) is 22.3 Å². The van der Waals surface area contributed by atoms with Gasteiger partial charge < -0.3 is 9.42 Å². The van der Waals surface area contributed by atoms with Crippen LogP contribution in [0.15, 0.2) is 64.4 Å². The molecule has 5 rings (SSSR count). The summed E-state index contributed by atoms with van der Waals surface area (Å²) in [5.74, 6) is 0.568. The highest BCUT2D eigenvalue weighted by atomic mass is 35.5. The van der Waals surface area contributed by atoms with E-state index in [-0.39, 0.29) is 12.3 Å². The molecule has 3 heterocycles. The fourth-order valence-electron chi connectivity index (χ4n) is 4.26. The van der Waals surface area contributed by atoms with Gasteiger partial charge >= 0.3 is 0 Å². The van der Waals surface area contributed by atoms with E-state index in [4.69, 9.17) is 21.1 Å². The van der Waals surface area contributed by atoms with Gasteiger partial charge in [0.15, 0.2) is 5.76 Å². The molecule has 0 bridgehead atoms. The van der Waals surface area contributed by atoms with Crippen molar-refractivity contribution in [2.24, 2.45) is 12.0 Å². The van der Waals surface area contributed by atoms with E-state index in [0.717, 1.165) is 44.8 Å². The van der Waals surface area contributed by atoms with Crippen LogP contribution in [0, 0.1) is 6.92 Å². The minimum atomic E-state index is -0.508. The lowest BCUT2D eigenvalue weighted by Gasteiger charge is -2.15. The van der Waals surface area contributed by atoms with Gasteiger partial charge in [-0.15, -0.1) is 0 Å². The second-order valence-electron chi connectivity index (χ2n) is 8.66. The van der Waals surface area contributed by atoms with E-state index in [1.54, 1.807) is 23.7 Å². The fourth-order valence-corrected chi connectivity index (χ4v) is 4.38. The average molecular weight is 474 g/mol. The molecule has 1 unspecified atom stereocenters. The van der Waals surface area contributed by atoms with Gasteiger partial charge in [-0.1, -0.05) is 41.0 Å². The molecular formula is C26H24ClN5O2. The number of carbonyl (C=O) groups is 1. The molecule has 2 aromatic heterocycles. The van der Waals surface area contributed by atoms with Crippen LogP contribution in [-0.2, 0) is 11.8 Å². The zero-order valence-corrected chi connectivity index (χ0v) is 20.2. The van der Waals surface area contributed by atoms with Gasteiger partial charge in [0.1, 0.15) is 6.04 Å². The van der Waals surface area contributed by atoms with Crippen LogP contribution < -0.4 is 0 Å². The summed E-state index contributed by atoms with van der Waals surface area (Å²) < 4.78 is 7.55. The molecule has 0 spiro atoms. The van der Waals surface area contributed by atoms with Gasteiger partial charge in [-0.25, -0.2) is 0 Å². The molecule has 2 aromatic carbocycles. The summed E-state index contributed by atoms with van der Waals surface area (Å²) in [6.45, 7) is 1.92. The molecule has 1 aliphatic heterocycles. The highest BCUT2D eigenvalue weighted by Gasteiger charge is 2.32. The van der Waals surface area contributed by atoms with Crippen LogP contribution in [0.2, 0.25) is 5.02 Å². The van der Waals surface area contributed by atoms with Gasteiger partial charge in [-0.3, -0.25) is 14.5 Å². The van der Waals surface area contributed by atoms with Crippen molar-refractivity contribution in [3.63, 3.8) is 0 Å². The maximum atomic E-state index is 12.7. The fraction of sp³-hybridized carbons (Fsp3) is 0.231. The first-order valence-corrected chi connectivity index (χ1v) is 11.3. The lowest BCUT2D eigenvalue weighted by atomic mass is 9.90. The topological polar surface area (TPSA) is 76.5 Å². The van der Waals surface area contributed by atoms with Crippen LogP contribution in [0.1, 0.15) is 35.0 Å². The minimum absolute atomic E-state index is 0.0359. The molecule has 0 aliphatic carbocycles. The number of hydrogen-bond acceptors (Lipinski definition) is 5. The first kappa shape index (κ1) is 22.1. The Kier molecular flexibility index (Phi) is 5.57. The normalized spacial score (nSPS) is 14.7. The first-order chi connectivity index (χ1) is 16.3. The van der Waals surface area contributed by atoms with Gasteiger partial charge in [0.05, 0.1) is 29.6 Å². The van der Waals surface area contributed by atoms with Crippen molar-refractivity contribution < 1.29 is 9.32 Å². The number of nitrogens with zero attached hydrogens (tertiary/aromatic N) is 5. The summed E-state index contributed by atoms with van der Waals surface area (Å²) in [6, 6.07) is 13.3. The number of fused-ring (bicyclic) bond motifs is 3. The number of rotatable bonds is 4. The van der Waals surface area contributed by atoms with E-state index in [9.17, 15) is 4.79 Å². The Bertz CT molecular complexity index is 1420. The molecule has 8 heteroatoms. The SMILES string of the molecule is Cc1noc2c1-c1ccc(-c3cnn(C)c3)cc1C(c1ccc(Cl)cc1)=NC2CC(=O)N(C)C. The summed E-state index contributed by atoms with van der Waals surface area (Å²) in [5, 5.41) is 9.20. The summed E-state index contributed by atoms with van der Waals surface area (Å²) in [7, 11) is 5.38. The number of carbonyl (C=O) groups excluding carboxylic acids is 1. The molecule has 0 N–H and O–H groups in total. The van der Waals surface area contributed by atoms with Crippen molar-refractivity contribution in [3.8, 4) is 22.3 Å². The number of amides is 1. The molecule has 0 saturated carbocycles. The number of aromatic nitrogens is 3. The highest BCUT2D eigenvalue weighted by molar-refractivity contribution is 6.30. The largest absolute Gasteiger partial charge is 0.358 e. The van der Waals surface area contributed by atoms with E-state index < -0.39 is 6.04 Å². The summed E-state index contributed by atoms with van der Waals surface area (Å²) in [6.07, 6.45) is 3.99. The van der Waals surface area contributed by atoms with Gasteiger partial charge in [0, 0.05) is 49.1 Å². The van der Waals surface area contributed by atoms with Gasteiger partial charge in [0.25, 0.3) is 0 Å². The molecule has 4 aromatic rings. The third-order valence-electron chi connectivity index (χ3n) is 6.04. The second-order valence-corrected chi connectivity index (χ2v) is 9.10. The molecule has 0 fully saturated rings. The number of benzene rings is 2. The van der Waals surface area contributed by atoms with E-state index >= 15 is 0 Å². The van der Waals surface area contributed by atoms with Crippen molar-refractivity contribution in [1.29, 1.82) is 0 Å². The van der Waals surface area contributed by atoms with Gasteiger partial charge in [-0.05, 0) is 36.2 Å². The van der Waals surface area contributed by atoms with Crippen LogP contribution in [-0.4, -0.2) is 45.6 Å². The average Bonchev–Trinajstić information content (AvgIpc) is 3.39. The van der Waals surface area contributed by atoms with Crippen molar-refractivity contribution >= 4 is 23.2 Å². The summed E-state index contributed by atoms with van der Waals surface area (Å²) in [4.78, 5) is 19.4. The molecule has 172 valence electrons. The number of aliphatic imine (C=N–C) groups is 1. The predicted octanol–water partition coefficient (Wildman–Crippen LogP) is 5.07. The Morgan fingerprint density at radius 2 is 1.82 bits per heavy atom. The van der Waals surface area contributed by atoms with E-state index in [1.807, 2.05) is 50.6 Å². The van der Waals surface area contributed by atoms with E-state index in [0.29, 0.717) is 10.8 Å². The second kappa shape index (κ2) is 8.57. The lowest BCUT2D eigenvalue weighted by Crippen LogP contribution is -2.23. The minimum Gasteiger partial charge on any atom is -0.358 e. The molecule has 34 heavy (non-hydrogen) atoms. The smallest absolute Gasteiger partial charge is 0.224 e. The van der Waals surface area contributed by atoms with Crippen LogP contribution in [0.5, 0.6) is 0 Å². The Morgan fingerprint density at radius 3 is 2.50 bits per heavy atom. The van der Waals surface area contributed by atoms with Crippen LogP contribution in [0.4, 0.5) is 0 Å². The monoisotopic (exact) mass is 473 g/mol. The number of aryl methyl sites for hydroxylation is 2. The predicted molar refractivity (Wildman–Crippen MR) is 132 cm³/mol. The van der Waals surface area contributed by atoms with Crippen molar-refractivity contribution in [1.82, 2.24) is 19.8 Å². The third kappa shape index (κ3) is 3.92. The van der Waals surface area contributed by atoms with E-state index in [2.05, 4.69) is 28.5 Å². The van der Waals surface area contributed by atoms with Crippen molar-refractivity contribution in [3.05, 3.63) is 82.5 Å². The Hall–Kier alpha value is -3.71. The Labute approximate surface area is 202 Å². The van der Waals surface area contributed by atoms with Crippen molar-refractivity contribution in [2.45, 2.75) is 19.4 Å². The van der Waals surface area contributed by atoms with Gasteiger partial charge in [-0.2, -0.15) is 5.10 Å². The van der Waals surface area contributed by atoms with Crippen LogP contribution >= 0.6 is 11.6 Å². The highest BCUT2D eigenvalue weighted by Crippen LogP contribution is 2.42. The Morgan fingerprint density at radius 1 is 1.09 bits per heavy atom. The first-order valence-electron chi connectivity index (χ1n) is 11.0. The molecular weight excluding hydrogens is 450 g/mol. The maximum absolute atomic E-state index is 12.7. The van der Waals surface area contributed by atoms with Gasteiger partial charge in [0.2, 0.25) is 5.91 Å². The molecule has 7 nitrogen and oxygen atoms in total. The third-order valence-corrected chi connectivity index (χ3v) is 6.30. The number of halogens is 1. The lowest BCUT2D eigenvalue weighted by molar-refractivity contribution is -0.129. The van der Waals surface area contributed by atoms with E-state index in [1.165, 1.54) is 0 Å². The maximum Gasteiger partial charge on any atom is 0.224 e. The molecule has 1 amide bonds.